The van der Waals surface area contributed by atoms with E-state index >= 15 is 0 Å². The molecule has 0 amide bonds. The highest BCUT2D eigenvalue weighted by Gasteiger charge is 2.41. The van der Waals surface area contributed by atoms with Gasteiger partial charge in [-0.2, -0.15) is 0 Å². The van der Waals surface area contributed by atoms with E-state index in [9.17, 15) is 5.11 Å². The molecule has 0 bridgehead atoms. The summed E-state index contributed by atoms with van der Waals surface area (Å²) in [5.41, 5.74) is 2.66. The summed E-state index contributed by atoms with van der Waals surface area (Å²) in [6.07, 6.45) is 0.883. The lowest BCUT2D eigenvalue weighted by molar-refractivity contribution is 0.0197. The third-order valence-electron chi connectivity index (χ3n) is 2.36. The van der Waals surface area contributed by atoms with Gasteiger partial charge in [0.2, 0.25) is 0 Å². The number of hydrogen-bond donors (Lipinski definition) is 1. The van der Waals surface area contributed by atoms with Crippen molar-refractivity contribution in [2.24, 2.45) is 5.41 Å². The second kappa shape index (κ2) is 2.09. The van der Waals surface area contributed by atoms with Crippen LogP contribution in [0.2, 0.25) is 0 Å². The molecule has 1 saturated carbocycles. The molecule has 0 aromatic rings. The van der Waals surface area contributed by atoms with Crippen LogP contribution < -0.4 is 0 Å². The molecular formula is C9H16O. The van der Waals surface area contributed by atoms with Gasteiger partial charge in [0, 0.05) is 0 Å². The molecule has 58 valence electrons. The van der Waals surface area contributed by atoms with Gasteiger partial charge in [-0.3, -0.25) is 0 Å². The van der Waals surface area contributed by atoms with Crippen molar-refractivity contribution < 1.29 is 5.11 Å². The molecule has 0 aliphatic heterocycles. The van der Waals surface area contributed by atoms with Gasteiger partial charge < -0.3 is 5.11 Å². The van der Waals surface area contributed by atoms with Gasteiger partial charge in [-0.15, -0.1) is 0 Å². The Morgan fingerprint density at radius 2 is 2.00 bits per heavy atom. The minimum atomic E-state index is -0.183. The normalized spacial score (nSPS) is 29.7. The minimum absolute atomic E-state index is 0.132. The van der Waals surface area contributed by atoms with Gasteiger partial charge in [-0.05, 0) is 31.3 Å². The zero-order valence-electron chi connectivity index (χ0n) is 7.23. The van der Waals surface area contributed by atoms with Crippen LogP contribution in [0.3, 0.4) is 0 Å². The van der Waals surface area contributed by atoms with E-state index in [-0.39, 0.29) is 11.5 Å². The molecule has 1 N–H and O–H groups in total. The predicted molar refractivity (Wildman–Crippen MR) is 42.8 cm³/mol. The fourth-order valence-corrected chi connectivity index (χ4v) is 1.47. The summed E-state index contributed by atoms with van der Waals surface area (Å²) in [5, 5.41) is 9.55. The van der Waals surface area contributed by atoms with Crippen LogP contribution in [0, 0.1) is 5.41 Å². The fraction of sp³-hybridized carbons (Fsp3) is 0.778. The average molecular weight is 140 g/mol. The maximum absolute atomic E-state index is 9.55. The average Bonchev–Trinajstić information content (AvgIpc) is 1.82. The van der Waals surface area contributed by atoms with E-state index < -0.39 is 0 Å². The molecule has 0 spiro atoms. The maximum atomic E-state index is 9.55. The number of aliphatic hydroxyl groups is 1. The molecule has 1 aliphatic rings. The van der Waals surface area contributed by atoms with E-state index in [1.165, 1.54) is 11.1 Å². The summed E-state index contributed by atoms with van der Waals surface area (Å²) in [5.74, 6) is 0. The fourth-order valence-electron chi connectivity index (χ4n) is 1.47. The van der Waals surface area contributed by atoms with Gasteiger partial charge in [0.15, 0.2) is 0 Å². The predicted octanol–water partition coefficient (Wildman–Crippen LogP) is 2.11. The second-order valence-corrected chi connectivity index (χ2v) is 4.09. The Bertz CT molecular complexity index is 173. The van der Waals surface area contributed by atoms with Crippen LogP contribution in [0.4, 0.5) is 0 Å². The van der Waals surface area contributed by atoms with Crippen molar-refractivity contribution in [1.82, 2.24) is 0 Å². The quantitative estimate of drug-likeness (QED) is 0.511. The molecule has 1 aliphatic carbocycles. The standard InChI is InChI=1S/C9H16O/c1-6(2)7-5-9(3,4)8(7)10/h8,10H,5H2,1-4H3. The summed E-state index contributed by atoms with van der Waals surface area (Å²) in [6, 6.07) is 0. The summed E-state index contributed by atoms with van der Waals surface area (Å²) in [6.45, 7) is 8.33. The zero-order chi connectivity index (χ0) is 7.94. The number of aliphatic hydroxyl groups excluding tert-OH is 1. The van der Waals surface area contributed by atoms with Crippen LogP contribution in [-0.2, 0) is 0 Å². The molecule has 0 aromatic carbocycles. The molecule has 1 heteroatoms. The van der Waals surface area contributed by atoms with Gasteiger partial charge in [0.05, 0.1) is 6.10 Å². The summed E-state index contributed by atoms with van der Waals surface area (Å²) < 4.78 is 0. The summed E-state index contributed by atoms with van der Waals surface area (Å²) >= 11 is 0. The molecule has 0 saturated heterocycles. The SMILES string of the molecule is CC(C)=C1CC(C)(C)C1O. The van der Waals surface area contributed by atoms with Crippen molar-refractivity contribution in [2.45, 2.75) is 40.2 Å². The van der Waals surface area contributed by atoms with Gasteiger partial charge >= 0.3 is 0 Å². The molecule has 1 fully saturated rings. The van der Waals surface area contributed by atoms with Gasteiger partial charge in [-0.1, -0.05) is 19.4 Å². The van der Waals surface area contributed by atoms with Crippen LogP contribution in [0.25, 0.3) is 0 Å². The van der Waals surface area contributed by atoms with E-state index in [2.05, 4.69) is 27.7 Å². The monoisotopic (exact) mass is 140 g/mol. The number of rotatable bonds is 0. The zero-order valence-corrected chi connectivity index (χ0v) is 7.23. The highest BCUT2D eigenvalue weighted by molar-refractivity contribution is 5.27. The third kappa shape index (κ3) is 0.988. The van der Waals surface area contributed by atoms with E-state index in [1.807, 2.05) is 0 Å². The van der Waals surface area contributed by atoms with Crippen LogP contribution in [0.15, 0.2) is 11.1 Å². The Morgan fingerprint density at radius 1 is 1.50 bits per heavy atom. The first-order chi connectivity index (χ1) is 4.45. The Kier molecular flexibility index (Phi) is 1.63. The minimum Gasteiger partial charge on any atom is -0.388 e. The summed E-state index contributed by atoms with van der Waals surface area (Å²) in [7, 11) is 0. The van der Waals surface area contributed by atoms with Crippen LogP contribution >= 0.6 is 0 Å². The Labute approximate surface area is 62.8 Å². The Balaban J connectivity index is 2.73. The van der Waals surface area contributed by atoms with E-state index in [1.54, 1.807) is 0 Å². The van der Waals surface area contributed by atoms with E-state index in [0.717, 1.165) is 6.42 Å². The topological polar surface area (TPSA) is 20.2 Å². The molecule has 1 unspecified atom stereocenters. The first-order valence-electron chi connectivity index (χ1n) is 3.79. The van der Waals surface area contributed by atoms with Gasteiger partial charge in [-0.25, -0.2) is 0 Å². The summed E-state index contributed by atoms with van der Waals surface area (Å²) in [4.78, 5) is 0. The van der Waals surface area contributed by atoms with Crippen molar-refractivity contribution in [3.05, 3.63) is 11.1 Å². The third-order valence-corrected chi connectivity index (χ3v) is 2.36. The molecule has 1 atom stereocenters. The molecule has 0 heterocycles. The van der Waals surface area contributed by atoms with E-state index in [0.29, 0.717) is 0 Å². The number of hydrogen-bond acceptors (Lipinski definition) is 1. The molecule has 1 nitrogen and oxygen atoms in total. The van der Waals surface area contributed by atoms with Crippen molar-refractivity contribution in [3.8, 4) is 0 Å². The highest BCUT2D eigenvalue weighted by atomic mass is 16.3. The highest BCUT2D eigenvalue weighted by Crippen LogP contribution is 2.45. The van der Waals surface area contributed by atoms with Gasteiger partial charge in [0.1, 0.15) is 0 Å². The van der Waals surface area contributed by atoms with Crippen molar-refractivity contribution in [2.75, 3.05) is 0 Å². The van der Waals surface area contributed by atoms with Crippen molar-refractivity contribution >= 4 is 0 Å². The second-order valence-electron chi connectivity index (χ2n) is 4.09. The van der Waals surface area contributed by atoms with Crippen molar-refractivity contribution in [1.29, 1.82) is 0 Å². The molecule has 1 rings (SSSR count). The Morgan fingerprint density at radius 3 is 2.10 bits per heavy atom. The maximum Gasteiger partial charge on any atom is 0.0806 e. The first kappa shape index (κ1) is 7.80. The largest absolute Gasteiger partial charge is 0.388 e. The molecule has 0 aromatic heterocycles. The number of allylic oxidation sites excluding steroid dienone is 1. The Hall–Kier alpha value is -0.300. The molecular weight excluding hydrogens is 124 g/mol. The van der Waals surface area contributed by atoms with Crippen molar-refractivity contribution in [3.63, 3.8) is 0 Å². The molecule has 0 radical (unpaired) electrons. The first-order valence-corrected chi connectivity index (χ1v) is 3.79. The molecule has 10 heavy (non-hydrogen) atoms. The smallest absolute Gasteiger partial charge is 0.0806 e. The lowest BCUT2D eigenvalue weighted by atomic mass is 9.64. The lowest BCUT2D eigenvalue weighted by Crippen LogP contribution is -2.42. The van der Waals surface area contributed by atoms with Gasteiger partial charge in [0.25, 0.3) is 0 Å². The van der Waals surface area contributed by atoms with Crippen LogP contribution in [0.5, 0.6) is 0 Å². The van der Waals surface area contributed by atoms with Crippen LogP contribution in [-0.4, -0.2) is 11.2 Å². The van der Waals surface area contributed by atoms with E-state index in [4.69, 9.17) is 0 Å². The lowest BCUT2D eigenvalue weighted by Gasteiger charge is -2.44. The van der Waals surface area contributed by atoms with Crippen LogP contribution in [0.1, 0.15) is 34.1 Å².